The van der Waals surface area contributed by atoms with Crippen LogP contribution in [0.2, 0.25) is 0 Å². The maximum atomic E-state index is 12.9. The fraction of sp³-hybridized carbons (Fsp3) is 0.533. The summed E-state index contributed by atoms with van der Waals surface area (Å²) in [5, 5.41) is 0. The van der Waals surface area contributed by atoms with Crippen molar-refractivity contribution in [3.63, 3.8) is 0 Å². The maximum Gasteiger partial charge on any atom is 0.417 e. The highest BCUT2D eigenvalue weighted by Gasteiger charge is 2.34. The number of ether oxygens (including phenoxy) is 1. The minimum Gasteiger partial charge on any atom is -0.381 e. The molecule has 0 aromatic heterocycles. The summed E-state index contributed by atoms with van der Waals surface area (Å²) in [4.78, 5) is 12.5. The van der Waals surface area contributed by atoms with E-state index in [0.29, 0.717) is 24.8 Å². The van der Waals surface area contributed by atoms with Gasteiger partial charge in [0.2, 0.25) is 0 Å². The third-order valence-electron chi connectivity index (χ3n) is 3.70. The second-order valence-electron chi connectivity index (χ2n) is 5.35. The third kappa shape index (κ3) is 3.97. The lowest BCUT2D eigenvalue weighted by Crippen LogP contribution is -2.31. The van der Waals surface area contributed by atoms with Crippen LogP contribution in [0.5, 0.6) is 0 Å². The number of rotatable bonds is 4. The highest BCUT2D eigenvalue weighted by Crippen LogP contribution is 2.34. The Hall–Kier alpha value is -1.56. The van der Waals surface area contributed by atoms with Crippen molar-refractivity contribution in [1.29, 1.82) is 0 Å². The minimum atomic E-state index is -4.53. The van der Waals surface area contributed by atoms with Gasteiger partial charge in [0.1, 0.15) is 0 Å². The van der Waals surface area contributed by atoms with E-state index >= 15 is 0 Å². The fourth-order valence-electron chi connectivity index (χ4n) is 2.57. The normalized spacial score (nSPS) is 19.3. The fourth-order valence-corrected chi connectivity index (χ4v) is 2.57. The van der Waals surface area contributed by atoms with Gasteiger partial charge in [0.25, 0.3) is 0 Å². The van der Waals surface area contributed by atoms with Crippen LogP contribution in [0.4, 0.5) is 18.9 Å². The Kier molecular flexibility index (Phi) is 4.88. The van der Waals surface area contributed by atoms with E-state index in [2.05, 4.69) is 0 Å². The molecule has 0 N–H and O–H groups in total. The lowest BCUT2D eigenvalue weighted by molar-refractivity contribution is -0.137. The molecule has 0 radical (unpaired) electrons. The lowest BCUT2D eigenvalue weighted by Gasteiger charge is -2.29. The van der Waals surface area contributed by atoms with Gasteiger partial charge in [-0.15, -0.1) is 0 Å². The number of nitrogens with zero attached hydrogens (tertiary/aromatic N) is 1. The van der Waals surface area contributed by atoms with E-state index in [1.54, 1.807) is 18.0 Å². The van der Waals surface area contributed by atoms with Crippen molar-refractivity contribution in [2.24, 2.45) is 5.92 Å². The van der Waals surface area contributed by atoms with Gasteiger partial charge in [-0.05, 0) is 37.0 Å². The van der Waals surface area contributed by atoms with Crippen LogP contribution >= 0.6 is 0 Å². The van der Waals surface area contributed by atoms with Gasteiger partial charge in [-0.1, -0.05) is 0 Å². The number of hydrogen-bond donors (Lipinski definition) is 0. The van der Waals surface area contributed by atoms with Gasteiger partial charge < -0.3 is 9.64 Å². The molecular weight excluding hydrogens is 283 g/mol. The van der Waals surface area contributed by atoms with Crippen LogP contribution in [0, 0.1) is 5.92 Å². The first-order chi connectivity index (χ1) is 9.91. The average molecular weight is 301 g/mol. The van der Waals surface area contributed by atoms with Crippen LogP contribution < -0.4 is 4.90 Å². The molecule has 1 saturated heterocycles. The molecule has 0 bridgehead atoms. The number of anilines is 1. The first kappa shape index (κ1) is 15.8. The van der Waals surface area contributed by atoms with E-state index in [1.165, 1.54) is 6.07 Å². The number of carbonyl (C=O) groups is 1. The van der Waals surface area contributed by atoms with Crippen LogP contribution in [-0.2, 0) is 10.9 Å². The molecule has 6 heteroatoms. The second kappa shape index (κ2) is 6.47. The van der Waals surface area contributed by atoms with E-state index in [4.69, 9.17) is 4.74 Å². The Balaban J connectivity index is 2.17. The van der Waals surface area contributed by atoms with Gasteiger partial charge in [0, 0.05) is 31.5 Å². The summed E-state index contributed by atoms with van der Waals surface area (Å²) in [6.45, 7) is 2.03. The van der Waals surface area contributed by atoms with E-state index in [9.17, 15) is 18.0 Å². The number of aldehydes is 1. The summed E-state index contributed by atoms with van der Waals surface area (Å²) < 4.78 is 44.2. The van der Waals surface area contributed by atoms with E-state index in [1.807, 2.05) is 0 Å². The monoisotopic (exact) mass is 301 g/mol. The third-order valence-corrected chi connectivity index (χ3v) is 3.70. The summed E-state index contributed by atoms with van der Waals surface area (Å²) in [6.07, 6.45) is -2.29. The Labute approximate surface area is 121 Å². The van der Waals surface area contributed by atoms with Crippen LogP contribution in [0.1, 0.15) is 28.8 Å². The molecule has 1 aromatic rings. The van der Waals surface area contributed by atoms with Crippen LogP contribution in [0.3, 0.4) is 0 Å². The molecule has 1 atom stereocenters. The summed E-state index contributed by atoms with van der Waals surface area (Å²) in [5.41, 5.74) is -0.763. The topological polar surface area (TPSA) is 29.5 Å². The van der Waals surface area contributed by atoms with E-state index < -0.39 is 11.7 Å². The van der Waals surface area contributed by atoms with Crippen LogP contribution in [0.15, 0.2) is 18.2 Å². The minimum absolute atomic E-state index is 0.238. The second-order valence-corrected chi connectivity index (χ2v) is 5.35. The molecule has 1 aliphatic heterocycles. The number of benzene rings is 1. The summed E-state index contributed by atoms with van der Waals surface area (Å²) in [5.74, 6) is 0.323. The molecule has 1 aromatic carbocycles. The Bertz CT molecular complexity index is 496. The van der Waals surface area contributed by atoms with Crippen molar-refractivity contribution < 1.29 is 22.7 Å². The largest absolute Gasteiger partial charge is 0.417 e. The zero-order valence-electron chi connectivity index (χ0n) is 11.8. The Morgan fingerprint density at radius 1 is 1.43 bits per heavy atom. The van der Waals surface area contributed by atoms with Crippen molar-refractivity contribution in [2.45, 2.75) is 19.0 Å². The Morgan fingerprint density at radius 3 is 2.76 bits per heavy atom. The molecule has 1 fully saturated rings. The van der Waals surface area contributed by atoms with Crippen molar-refractivity contribution in [3.8, 4) is 0 Å². The zero-order valence-corrected chi connectivity index (χ0v) is 11.8. The quantitative estimate of drug-likeness (QED) is 0.799. The van der Waals surface area contributed by atoms with Crippen molar-refractivity contribution in [3.05, 3.63) is 29.3 Å². The summed E-state index contributed by atoms with van der Waals surface area (Å²) in [7, 11) is 1.75. The molecule has 1 aliphatic rings. The van der Waals surface area contributed by atoms with Gasteiger partial charge in [0.05, 0.1) is 12.2 Å². The standard InChI is InChI=1S/C15H18F3NO2/c1-19(8-11-3-2-6-21-10-11)13-5-4-12(9-20)14(7-13)15(16,17)18/h4-5,7,9,11H,2-3,6,8,10H2,1H3. The average Bonchev–Trinajstić information content (AvgIpc) is 2.46. The smallest absolute Gasteiger partial charge is 0.381 e. The summed E-state index contributed by atoms with van der Waals surface area (Å²) in [6, 6.07) is 3.80. The molecule has 0 saturated carbocycles. The SMILES string of the molecule is CN(CC1CCCOC1)c1ccc(C=O)c(C(F)(F)F)c1. The summed E-state index contributed by atoms with van der Waals surface area (Å²) >= 11 is 0. The van der Waals surface area contributed by atoms with Crippen molar-refractivity contribution >= 4 is 12.0 Å². The predicted octanol–water partition coefficient (Wildman–Crippen LogP) is 3.38. The predicted molar refractivity (Wildman–Crippen MR) is 73.6 cm³/mol. The Morgan fingerprint density at radius 2 is 2.19 bits per heavy atom. The van der Waals surface area contributed by atoms with Gasteiger partial charge >= 0.3 is 6.18 Å². The number of halogens is 3. The van der Waals surface area contributed by atoms with Gasteiger partial charge in [-0.2, -0.15) is 13.2 Å². The van der Waals surface area contributed by atoms with E-state index in [-0.39, 0.29) is 11.8 Å². The van der Waals surface area contributed by atoms with Gasteiger partial charge in [-0.3, -0.25) is 4.79 Å². The molecular formula is C15H18F3NO2. The van der Waals surface area contributed by atoms with Crippen molar-refractivity contribution in [2.75, 3.05) is 31.7 Å². The van der Waals surface area contributed by atoms with Crippen molar-refractivity contribution in [1.82, 2.24) is 0 Å². The maximum absolute atomic E-state index is 12.9. The number of carbonyl (C=O) groups excluding carboxylic acids is 1. The van der Waals surface area contributed by atoms with E-state index in [0.717, 1.165) is 25.5 Å². The highest BCUT2D eigenvalue weighted by atomic mass is 19.4. The molecule has 1 unspecified atom stereocenters. The molecule has 0 spiro atoms. The molecule has 2 rings (SSSR count). The molecule has 0 amide bonds. The molecule has 3 nitrogen and oxygen atoms in total. The van der Waals surface area contributed by atoms with Gasteiger partial charge in [0.15, 0.2) is 6.29 Å². The van der Waals surface area contributed by atoms with Crippen LogP contribution in [-0.4, -0.2) is 33.1 Å². The number of alkyl halides is 3. The van der Waals surface area contributed by atoms with Crippen LogP contribution in [0.25, 0.3) is 0 Å². The van der Waals surface area contributed by atoms with Gasteiger partial charge in [-0.25, -0.2) is 0 Å². The first-order valence-electron chi connectivity index (χ1n) is 6.87. The number of hydrogen-bond acceptors (Lipinski definition) is 3. The first-order valence-corrected chi connectivity index (χ1v) is 6.87. The molecule has 0 aliphatic carbocycles. The highest BCUT2D eigenvalue weighted by molar-refractivity contribution is 5.79. The lowest BCUT2D eigenvalue weighted by atomic mass is 10.0. The molecule has 21 heavy (non-hydrogen) atoms. The zero-order chi connectivity index (χ0) is 15.5. The molecule has 116 valence electrons. The molecule has 1 heterocycles.